The maximum absolute atomic E-state index is 11.7. The number of ether oxygens (including phenoxy) is 2. The zero-order chi connectivity index (χ0) is 18.0. The van der Waals surface area contributed by atoms with E-state index in [0.717, 1.165) is 32.8 Å². The number of carbonyl (C=O) groups is 1. The molecule has 1 amide bonds. The predicted octanol–water partition coefficient (Wildman–Crippen LogP) is -0.0150. The van der Waals surface area contributed by atoms with Crippen LogP contribution in [0, 0.1) is 0 Å². The number of morpholine rings is 1. The molecule has 0 atom stereocenters. The second-order valence-corrected chi connectivity index (χ2v) is 6.64. The summed E-state index contributed by atoms with van der Waals surface area (Å²) in [6.07, 6.45) is 0. The van der Waals surface area contributed by atoms with E-state index >= 15 is 0 Å². The third-order valence-corrected chi connectivity index (χ3v) is 4.03. The summed E-state index contributed by atoms with van der Waals surface area (Å²) in [6, 6.07) is 0. The topological polar surface area (TPSA) is 78.4 Å². The quantitative estimate of drug-likeness (QED) is 0.225. The molecule has 1 aliphatic heterocycles. The van der Waals surface area contributed by atoms with Gasteiger partial charge in [0.2, 0.25) is 5.91 Å². The van der Waals surface area contributed by atoms with Gasteiger partial charge in [-0.05, 0) is 13.8 Å². The van der Waals surface area contributed by atoms with Gasteiger partial charge in [0.05, 0.1) is 19.8 Å². The van der Waals surface area contributed by atoms with Crippen molar-refractivity contribution in [2.45, 2.75) is 19.4 Å². The minimum Gasteiger partial charge on any atom is -0.383 e. The zero-order valence-electron chi connectivity index (χ0n) is 16.1. The van der Waals surface area contributed by atoms with Gasteiger partial charge in [-0.3, -0.25) is 9.69 Å². The number of methoxy groups -OCH3 is 1. The van der Waals surface area contributed by atoms with Gasteiger partial charge in [0.25, 0.3) is 0 Å². The summed E-state index contributed by atoms with van der Waals surface area (Å²) >= 11 is 0. The van der Waals surface area contributed by atoms with Crippen molar-refractivity contribution in [2.75, 3.05) is 73.7 Å². The molecule has 2 N–H and O–H groups in total. The van der Waals surface area contributed by atoms with Crippen LogP contribution in [0.15, 0.2) is 4.99 Å². The zero-order valence-corrected chi connectivity index (χ0v) is 18.5. The summed E-state index contributed by atoms with van der Waals surface area (Å²) in [7, 11) is 5.11. The molecule has 0 saturated carbocycles. The Hall–Kier alpha value is -0.650. The molecule has 0 unspecified atom stereocenters. The highest BCUT2D eigenvalue weighted by atomic mass is 127. The number of nitrogens with zero attached hydrogens (tertiary/aromatic N) is 3. The van der Waals surface area contributed by atoms with Crippen molar-refractivity contribution >= 4 is 35.8 Å². The Labute approximate surface area is 168 Å². The third kappa shape index (κ3) is 9.57. The van der Waals surface area contributed by atoms with E-state index in [4.69, 9.17) is 9.47 Å². The molecule has 0 aliphatic carbocycles. The average Bonchev–Trinajstić information content (AvgIpc) is 2.57. The summed E-state index contributed by atoms with van der Waals surface area (Å²) in [6.45, 7) is 9.85. The lowest BCUT2D eigenvalue weighted by molar-refractivity contribution is -0.127. The first kappa shape index (κ1) is 24.4. The molecule has 1 heterocycles. The van der Waals surface area contributed by atoms with Crippen molar-refractivity contribution in [1.82, 2.24) is 20.4 Å². The van der Waals surface area contributed by atoms with E-state index in [1.807, 2.05) is 0 Å². The molecule has 1 fully saturated rings. The number of nitrogens with one attached hydrogen (secondary N) is 2. The van der Waals surface area contributed by atoms with Crippen LogP contribution in [-0.4, -0.2) is 101 Å². The molecule has 1 saturated heterocycles. The maximum Gasteiger partial charge on any atom is 0.243 e. The van der Waals surface area contributed by atoms with Crippen LogP contribution in [0.4, 0.5) is 0 Å². The Morgan fingerprint density at radius 1 is 1.28 bits per heavy atom. The maximum atomic E-state index is 11.7. The van der Waals surface area contributed by atoms with Crippen LogP contribution in [0.25, 0.3) is 0 Å². The van der Waals surface area contributed by atoms with Crippen LogP contribution in [0.1, 0.15) is 13.8 Å². The number of halogens is 1. The lowest BCUT2D eigenvalue weighted by Crippen LogP contribution is -2.56. The van der Waals surface area contributed by atoms with E-state index in [9.17, 15) is 4.79 Å². The van der Waals surface area contributed by atoms with Crippen LogP contribution in [0.5, 0.6) is 0 Å². The summed E-state index contributed by atoms with van der Waals surface area (Å²) in [5.74, 6) is 0.596. The van der Waals surface area contributed by atoms with E-state index in [1.165, 1.54) is 4.90 Å². The smallest absolute Gasteiger partial charge is 0.243 e. The fraction of sp³-hybridized carbons (Fsp3) is 0.875. The van der Waals surface area contributed by atoms with Gasteiger partial charge in [-0.25, -0.2) is 4.99 Å². The van der Waals surface area contributed by atoms with Gasteiger partial charge >= 0.3 is 0 Å². The van der Waals surface area contributed by atoms with Gasteiger partial charge in [0, 0.05) is 52.9 Å². The summed E-state index contributed by atoms with van der Waals surface area (Å²) in [5.41, 5.74) is -0.0287. The van der Waals surface area contributed by atoms with E-state index in [-0.39, 0.29) is 42.0 Å². The molecule has 0 radical (unpaired) electrons. The van der Waals surface area contributed by atoms with Crippen molar-refractivity contribution in [3.05, 3.63) is 0 Å². The van der Waals surface area contributed by atoms with E-state index in [0.29, 0.717) is 19.1 Å². The SMILES string of the molecule is COCCNC(=NCC(=O)N(C)C)NCC(C)(C)N1CCOCC1.I. The molecule has 0 aromatic heterocycles. The van der Waals surface area contributed by atoms with Gasteiger partial charge < -0.3 is 25.0 Å². The van der Waals surface area contributed by atoms with Crippen molar-refractivity contribution in [3.8, 4) is 0 Å². The fourth-order valence-electron chi connectivity index (χ4n) is 2.31. The highest BCUT2D eigenvalue weighted by Crippen LogP contribution is 2.14. The Morgan fingerprint density at radius 2 is 1.92 bits per heavy atom. The highest BCUT2D eigenvalue weighted by molar-refractivity contribution is 14.0. The van der Waals surface area contributed by atoms with Gasteiger partial charge in [-0.15, -0.1) is 24.0 Å². The number of likely N-dealkylation sites (N-methyl/N-ethyl adjacent to an activating group) is 1. The second-order valence-electron chi connectivity index (χ2n) is 6.64. The Bertz CT molecular complexity index is 413. The average molecular weight is 471 g/mol. The van der Waals surface area contributed by atoms with Crippen LogP contribution < -0.4 is 10.6 Å². The highest BCUT2D eigenvalue weighted by Gasteiger charge is 2.28. The van der Waals surface area contributed by atoms with E-state index in [2.05, 4.69) is 34.4 Å². The van der Waals surface area contributed by atoms with Gasteiger partial charge in [0.15, 0.2) is 5.96 Å². The molecule has 0 aromatic carbocycles. The Morgan fingerprint density at radius 3 is 2.48 bits per heavy atom. The van der Waals surface area contributed by atoms with Crippen LogP contribution in [-0.2, 0) is 14.3 Å². The number of rotatable bonds is 8. The van der Waals surface area contributed by atoms with Gasteiger partial charge in [-0.2, -0.15) is 0 Å². The van der Waals surface area contributed by atoms with Crippen LogP contribution in [0.3, 0.4) is 0 Å². The Balaban J connectivity index is 0.00000576. The molecule has 25 heavy (non-hydrogen) atoms. The van der Waals surface area contributed by atoms with Crippen molar-refractivity contribution in [1.29, 1.82) is 0 Å². The molecule has 0 bridgehead atoms. The molecule has 148 valence electrons. The third-order valence-electron chi connectivity index (χ3n) is 4.03. The summed E-state index contributed by atoms with van der Waals surface area (Å²) < 4.78 is 10.5. The lowest BCUT2D eigenvalue weighted by atomic mass is 10.0. The standard InChI is InChI=1S/C16H33N5O3.HI/c1-16(2,21-7-10-24-11-8-21)13-19-15(17-6-9-23-5)18-12-14(22)20(3)4;/h6-13H2,1-5H3,(H2,17,18,19);1H. The minimum absolute atomic E-state index is 0. The first-order chi connectivity index (χ1) is 11.4. The van der Waals surface area contributed by atoms with Crippen LogP contribution in [0.2, 0.25) is 0 Å². The second kappa shape index (κ2) is 12.7. The molecule has 1 aliphatic rings. The van der Waals surface area contributed by atoms with Crippen LogP contribution >= 0.6 is 24.0 Å². The molecule has 0 aromatic rings. The lowest BCUT2D eigenvalue weighted by Gasteiger charge is -2.41. The molecule has 1 rings (SSSR count). The molecule has 8 nitrogen and oxygen atoms in total. The molecule has 0 spiro atoms. The largest absolute Gasteiger partial charge is 0.383 e. The number of hydrogen-bond donors (Lipinski definition) is 2. The van der Waals surface area contributed by atoms with Gasteiger partial charge in [-0.1, -0.05) is 0 Å². The number of guanidine groups is 1. The number of amides is 1. The molecular weight excluding hydrogens is 437 g/mol. The van der Waals surface area contributed by atoms with E-state index in [1.54, 1.807) is 21.2 Å². The normalized spacial score (nSPS) is 16.1. The summed E-state index contributed by atoms with van der Waals surface area (Å²) in [5, 5.41) is 6.53. The van der Waals surface area contributed by atoms with Crippen molar-refractivity contribution < 1.29 is 14.3 Å². The number of carbonyl (C=O) groups excluding carboxylic acids is 1. The summed E-state index contributed by atoms with van der Waals surface area (Å²) in [4.78, 5) is 20.1. The predicted molar refractivity (Wildman–Crippen MR) is 111 cm³/mol. The van der Waals surface area contributed by atoms with Crippen molar-refractivity contribution in [2.24, 2.45) is 4.99 Å². The minimum atomic E-state index is -0.0321. The van der Waals surface area contributed by atoms with Gasteiger partial charge in [0.1, 0.15) is 6.54 Å². The Kier molecular flexibility index (Phi) is 12.3. The fourth-order valence-corrected chi connectivity index (χ4v) is 2.31. The molecular formula is C16H34IN5O3. The van der Waals surface area contributed by atoms with E-state index < -0.39 is 0 Å². The number of aliphatic imine (C=N–C) groups is 1. The first-order valence-corrected chi connectivity index (χ1v) is 8.41. The first-order valence-electron chi connectivity index (χ1n) is 8.41. The molecule has 9 heteroatoms. The monoisotopic (exact) mass is 471 g/mol. The number of hydrogen-bond acceptors (Lipinski definition) is 5. The van der Waals surface area contributed by atoms with Crippen molar-refractivity contribution in [3.63, 3.8) is 0 Å².